The molecule has 0 aromatic heterocycles. The molecule has 1 aromatic rings. The van der Waals surface area contributed by atoms with Crippen LogP contribution in [0.5, 0.6) is 0 Å². The Kier molecular flexibility index (Phi) is 6.56. The number of anilines is 1. The van der Waals surface area contributed by atoms with Gasteiger partial charge in [-0.1, -0.05) is 32.0 Å². The maximum atomic E-state index is 12.1. The molecule has 0 aliphatic carbocycles. The Labute approximate surface area is 146 Å². The monoisotopic (exact) mass is 346 g/mol. The Hall–Kier alpha value is -2.83. The number of hydrogen-bond acceptors (Lipinski definition) is 6. The number of hydrogen-bond donors (Lipinski definition) is 2. The molecule has 0 bridgehead atoms. The molecule has 134 valence electrons. The molecule has 1 aromatic carbocycles. The lowest BCUT2D eigenvalue weighted by Gasteiger charge is -2.09. The van der Waals surface area contributed by atoms with Crippen LogP contribution in [0, 0.1) is 5.92 Å². The average molecular weight is 346 g/mol. The summed E-state index contributed by atoms with van der Waals surface area (Å²) < 4.78 is 10.2. The molecule has 1 amide bonds. The van der Waals surface area contributed by atoms with E-state index in [1.165, 1.54) is 0 Å². The molecule has 1 heterocycles. The Morgan fingerprint density at radius 2 is 1.96 bits per heavy atom. The smallest absolute Gasteiger partial charge is 0.347 e. The molecule has 0 fully saturated rings. The molecule has 0 atom stereocenters. The van der Waals surface area contributed by atoms with E-state index < -0.39 is 24.3 Å². The molecule has 25 heavy (non-hydrogen) atoms. The van der Waals surface area contributed by atoms with Gasteiger partial charge in [-0.05, 0) is 24.5 Å². The molecule has 7 nitrogen and oxygen atoms in total. The number of carbonyl (C=O) groups excluding carboxylic acids is 3. The Morgan fingerprint density at radius 1 is 1.24 bits per heavy atom. The highest BCUT2D eigenvalue weighted by Gasteiger charge is 2.32. The third kappa shape index (κ3) is 5.63. The van der Waals surface area contributed by atoms with Crippen molar-refractivity contribution < 1.29 is 23.9 Å². The zero-order valence-electron chi connectivity index (χ0n) is 14.3. The third-order valence-electron chi connectivity index (χ3n) is 3.47. The van der Waals surface area contributed by atoms with Crippen LogP contribution in [0.15, 0.2) is 41.8 Å². The predicted molar refractivity (Wildman–Crippen MR) is 91.5 cm³/mol. The summed E-state index contributed by atoms with van der Waals surface area (Å²) in [6.45, 7) is 3.93. The minimum Gasteiger partial charge on any atom is -0.470 e. The molecule has 0 saturated carbocycles. The van der Waals surface area contributed by atoms with Crippen LogP contribution >= 0.6 is 0 Å². The van der Waals surface area contributed by atoms with Gasteiger partial charge in [0.05, 0.1) is 0 Å². The summed E-state index contributed by atoms with van der Waals surface area (Å²) in [7, 11) is 0. The first-order valence-electron chi connectivity index (χ1n) is 8.13. The summed E-state index contributed by atoms with van der Waals surface area (Å²) in [5.41, 5.74) is 0.461. The highest BCUT2D eigenvalue weighted by molar-refractivity contribution is 6.20. The minimum atomic E-state index is -0.875. The normalized spacial score (nSPS) is 13.6. The number of ketones is 1. The summed E-state index contributed by atoms with van der Waals surface area (Å²) in [5, 5.41) is 5.53. The van der Waals surface area contributed by atoms with Crippen LogP contribution in [0.4, 0.5) is 5.69 Å². The topological polar surface area (TPSA) is 93.7 Å². The first-order chi connectivity index (χ1) is 12.0. The fourth-order valence-corrected chi connectivity index (χ4v) is 2.12. The Balaban J connectivity index is 1.92. The van der Waals surface area contributed by atoms with E-state index in [-0.39, 0.29) is 18.1 Å². The second kappa shape index (κ2) is 8.86. The van der Waals surface area contributed by atoms with Crippen molar-refractivity contribution in [2.45, 2.75) is 20.3 Å². The maximum Gasteiger partial charge on any atom is 0.347 e. The van der Waals surface area contributed by atoms with Crippen LogP contribution in [-0.4, -0.2) is 37.4 Å². The van der Waals surface area contributed by atoms with Gasteiger partial charge in [-0.3, -0.25) is 9.59 Å². The first kappa shape index (κ1) is 18.5. The standard InChI is InChI=1S/C18H22N2O5/c1-12(2)8-9-19-15(22)11-25-18(23)16-14(21)10-24-17(16)20-13-6-4-3-5-7-13/h3-7,12,20H,8-11H2,1-2H3,(H,19,22). The van der Waals surface area contributed by atoms with Gasteiger partial charge < -0.3 is 20.1 Å². The van der Waals surface area contributed by atoms with Crippen LogP contribution in [0.3, 0.4) is 0 Å². The van der Waals surface area contributed by atoms with Crippen LogP contribution in [0.1, 0.15) is 20.3 Å². The Bertz CT molecular complexity index is 667. The molecular formula is C18H22N2O5. The molecule has 1 aliphatic heterocycles. The number of rotatable bonds is 8. The number of ether oxygens (including phenoxy) is 2. The summed E-state index contributed by atoms with van der Waals surface area (Å²) in [6.07, 6.45) is 0.836. The van der Waals surface area contributed by atoms with Crippen molar-refractivity contribution in [2.75, 3.05) is 25.1 Å². The quantitative estimate of drug-likeness (QED) is 0.549. The minimum absolute atomic E-state index is 0.0430. The molecule has 0 spiro atoms. The lowest BCUT2D eigenvalue weighted by atomic mass is 10.1. The SMILES string of the molecule is CC(C)CCNC(=O)COC(=O)C1=C(Nc2ccccc2)OCC1=O. The largest absolute Gasteiger partial charge is 0.470 e. The summed E-state index contributed by atoms with van der Waals surface area (Å²) in [6, 6.07) is 8.99. The lowest BCUT2D eigenvalue weighted by Crippen LogP contribution is -2.31. The van der Waals surface area contributed by atoms with E-state index >= 15 is 0 Å². The van der Waals surface area contributed by atoms with Crippen molar-refractivity contribution in [3.63, 3.8) is 0 Å². The summed E-state index contributed by atoms with van der Waals surface area (Å²) in [5.74, 6) is -1.25. The van der Waals surface area contributed by atoms with Gasteiger partial charge in [0.1, 0.15) is 0 Å². The number of esters is 1. The third-order valence-corrected chi connectivity index (χ3v) is 3.47. The van der Waals surface area contributed by atoms with Crippen molar-refractivity contribution in [3.8, 4) is 0 Å². The molecular weight excluding hydrogens is 324 g/mol. The maximum absolute atomic E-state index is 12.1. The fourth-order valence-electron chi connectivity index (χ4n) is 2.12. The lowest BCUT2D eigenvalue weighted by molar-refractivity contribution is -0.145. The van der Waals surface area contributed by atoms with Crippen molar-refractivity contribution in [1.82, 2.24) is 5.32 Å². The number of nitrogens with one attached hydrogen (secondary N) is 2. The molecule has 0 unspecified atom stereocenters. The van der Waals surface area contributed by atoms with Gasteiger partial charge in [0.2, 0.25) is 11.7 Å². The van der Waals surface area contributed by atoms with E-state index in [1.54, 1.807) is 24.3 Å². The number of para-hydroxylation sites is 1. The van der Waals surface area contributed by atoms with Crippen molar-refractivity contribution in [3.05, 3.63) is 41.8 Å². The van der Waals surface area contributed by atoms with Crippen molar-refractivity contribution in [2.24, 2.45) is 5.92 Å². The van der Waals surface area contributed by atoms with Gasteiger partial charge >= 0.3 is 5.97 Å². The predicted octanol–water partition coefficient (Wildman–Crippen LogP) is 1.61. The van der Waals surface area contributed by atoms with Crippen LogP contribution in [-0.2, 0) is 23.9 Å². The molecule has 2 N–H and O–H groups in total. The van der Waals surface area contributed by atoms with E-state index in [4.69, 9.17) is 9.47 Å². The van der Waals surface area contributed by atoms with Crippen molar-refractivity contribution >= 4 is 23.3 Å². The van der Waals surface area contributed by atoms with Crippen LogP contribution in [0.25, 0.3) is 0 Å². The highest BCUT2D eigenvalue weighted by Crippen LogP contribution is 2.20. The zero-order valence-corrected chi connectivity index (χ0v) is 14.3. The number of benzene rings is 1. The summed E-state index contributed by atoms with van der Waals surface area (Å²) >= 11 is 0. The second-order valence-electron chi connectivity index (χ2n) is 6.02. The van der Waals surface area contributed by atoms with Gasteiger partial charge in [0, 0.05) is 12.2 Å². The van der Waals surface area contributed by atoms with Gasteiger partial charge in [0.25, 0.3) is 5.91 Å². The Morgan fingerprint density at radius 3 is 2.64 bits per heavy atom. The number of amides is 1. The van der Waals surface area contributed by atoms with Crippen molar-refractivity contribution in [1.29, 1.82) is 0 Å². The van der Waals surface area contributed by atoms with Gasteiger partial charge in [-0.25, -0.2) is 4.79 Å². The van der Waals surface area contributed by atoms with E-state index in [1.807, 2.05) is 19.9 Å². The van der Waals surface area contributed by atoms with Gasteiger partial charge in [0.15, 0.2) is 18.8 Å². The molecule has 7 heteroatoms. The van der Waals surface area contributed by atoms with E-state index in [0.29, 0.717) is 18.2 Å². The molecule has 0 saturated heterocycles. The molecule has 0 radical (unpaired) electrons. The molecule has 1 aliphatic rings. The number of Topliss-reactive ketones (excluding diaryl/α,β-unsaturated/α-hetero) is 1. The van der Waals surface area contributed by atoms with E-state index in [9.17, 15) is 14.4 Å². The van der Waals surface area contributed by atoms with Crippen LogP contribution in [0.2, 0.25) is 0 Å². The van der Waals surface area contributed by atoms with E-state index in [0.717, 1.165) is 6.42 Å². The van der Waals surface area contributed by atoms with Gasteiger partial charge in [-0.15, -0.1) is 0 Å². The summed E-state index contributed by atoms with van der Waals surface area (Å²) in [4.78, 5) is 35.7. The fraction of sp³-hybridized carbons (Fsp3) is 0.389. The van der Waals surface area contributed by atoms with Crippen LogP contribution < -0.4 is 10.6 Å². The van der Waals surface area contributed by atoms with Gasteiger partial charge in [-0.2, -0.15) is 0 Å². The number of carbonyl (C=O) groups is 3. The molecule has 2 rings (SSSR count). The first-order valence-corrected chi connectivity index (χ1v) is 8.13. The zero-order chi connectivity index (χ0) is 18.2. The highest BCUT2D eigenvalue weighted by atomic mass is 16.5. The average Bonchev–Trinajstić information content (AvgIpc) is 2.94. The second-order valence-corrected chi connectivity index (χ2v) is 6.02. The van der Waals surface area contributed by atoms with E-state index in [2.05, 4.69) is 10.6 Å².